The smallest absolute Gasteiger partial charge is 0.323 e. The van der Waals surface area contributed by atoms with Crippen LogP contribution in [0.3, 0.4) is 0 Å². The van der Waals surface area contributed by atoms with Crippen LogP contribution in [-0.4, -0.2) is 24.6 Å². The Labute approximate surface area is 93.2 Å². The monoisotopic (exact) mass is 266 g/mol. The van der Waals surface area contributed by atoms with Crippen molar-refractivity contribution >= 4 is 17.7 Å². The van der Waals surface area contributed by atoms with Gasteiger partial charge in [0, 0.05) is 0 Å². The van der Waals surface area contributed by atoms with Gasteiger partial charge in [0.15, 0.2) is 6.35 Å². The molecule has 0 unspecified atom stereocenters. The lowest BCUT2D eigenvalue weighted by atomic mass is 10.2. The summed E-state index contributed by atoms with van der Waals surface area (Å²) in [6.45, 7) is 1.78. The van der Waals surface area contributed by atoms with E-state index < -0.39 is 24.1 Å². The summed E-state index contributed by atoms with van der Waals surface area (Å²) in [5.74, 6) is 0. The zero-order chi connectivity index (χ0) is 12.4. The van der Waals surface area contributed by atoms with Gasteiger partial charge in [0.2, 0.25) is 0 Å². The lowest BCUT2D eigenvalue weighted by Gasteiger charge is -2.06. The number of hydrogen-bond acceptors (Lipinski definition) is 4. The van der Waals surface area contributed by atoms with Crippen molar-refractivity contribution in [2.24, 2.45) is 0 Å². The lowest BCUT2D eigenvalue weighted by molar-refractivity contribution is 0.301. The third kappa shape index (κ3) is 4.03. The highest BCUT2D eigenvalue weighted by Gasteiger charge is 2.21. The predicted octanol–water partition coefficient (Wildman–Crippen LogP) is 0.836. The number of benzene rings is 1. The van der Waals surface area contributed by atoms with E-state index in [2.05, 4.69) is 4.18 Å². The Hall–Kier alpha value is -0.720. The van der Waals surface area contributed by atoms with Crippen molar-refractivity contribution in [3.05, 3.63) is 29.8 Å². The van der Waals surface area contributed by atoms with Crippen LogP contribution in [0.1, 0.15) is 5.56 Å². The highest BCUT2D eigenvalue weighted by atomic mass is 32.2. The Bertz CT molecular complexity index is 500. The molecule has 0 saturated carbocycles. The molecule has 0 spiro atoms. The summed E-state index contributed by atoms with van der Waals surface area (Å²) in [5, 5.41) is 0. The molecule has 0 aliphatic rings. The minimum atomic E-state index is -4.49. The summed E-state index contributed by atoms with van der Waals surface area (Å²) in [5.41, 5.74) is 0.869. The van der Waals surface area contributed by atoms with E-state index in [-0.39, 0.29) is 4.90 Å². The van der Waals surface area contributed by atoms with Crippen molar-refractivity contribution in [3.8, 4) is 0 Å². The average Bonchev–Trinajstić information content (AvgIpc) is 2.15. The minimum Gasteiger partial charge on any atom is -0.323 e. The minimum absolute atomic E-state index is 0.133. The van der Waals surface area contributed by atoms with Crippen molar-refractivity contribution in [2.75, 3.05) is 6.35 Å². The van der Waals surface area contributed by atoms with Crippen LogP contribution in [0.2, 0.25) is 0 Å². The molecule has 8 heteroatoms. The Kier molecular flexibility index (Phi) is 3.88. The Morgan fingerprint density at radius 1 is 1.25 bits per heavy atom. The maximum atomic E-state index is 11.4. The Morgan fingerprint density at radius 2 is 1.75 bits per heavy atom. The van der Waals surface area contributed by atoms with Crippen LogP contribution in [0, 0.1) is 6.92 Å². The van der Waals surface area contributed by atoms with E-state index in [1.807, 2.05) is 0 Å². The Balaban J connectivity index is 2.87. The van der Waals surface area contributed by atoms with Gasteiger partial charge >= 0.3 is 7.60 Å². The van der Waals surface area contributed by atoms with Crippen molar-refractivity contribution < 1.29 is 27.0 Å². The quantitative estimate of drug-likeness (QED) is 0.618. The van der Waals surface area contributed by atoms with Crippen LogP contribution < -0.4 is 0 Å². The normalized spacial score (nSPS) is 12.7. The first-order valence-corrected chi connectivity index (χ1v) is 7.42. The summed E-state index contributed by atoms with van der Waals surface area (Å²) in [6, 6.07) is 5.75. The van der Waals surface area contributed by atoms with Gasteiger partial charge in [-0.1, -0.05) is 17.7 Å². The van der Waals surface area contributed by atoms with Gasteiger partial charge < -0.3 is 9.79 Å². The molecular formula is C8H11O6PS. The fourth-order valence-electron chi connectivity index (χ4n) is 0.911. The van der Waals surface area contributed by atoms with Gasteiger partial charge in [-0.25, -0.2) is 0 Å². The molecule has 1 aromatic rings. The van der Waals surface area contributed by atoms with Crippen molar-refractivity contribution in [1.29, 1.82) is 0 Å². The van der Waals surface area contributed by atoms with Gasteiger partial charge in [-0.3, -0.25) is 8.75 Å². The van der Waals surface area contributed by atoms with Crippen molar-refractivity contribution in [2.45, 2.75) is 11.8 Å². The second kappa shape index (κ2) is 4.65. The molecule has 16 heavy (non-hydrogen) atoms. The van der Waals surface area contributed by atoms with Crippen molar-refractivity contribution in [3.63, 3.8) is 0 Å². The SMILES string of the molecule is Cc1ccc(S(=O)(=O)OCP(=O)(O)O)cc1. The van der Waals surface area contributed by atoms with Crippen molar-refractivity contribution in [1.82, 2.24) is 0 Å². The maximum absolute atomic E-state index is 11.4. The van der Waals surface area contributed by atoms with Crippen LogP contribution in [0.15, 0.2) is 29.2 Å². The van der Waals surface area contributed by atoms with Gasteiger partial charge in [0.05, 0.1) is 4.90 Å². The third-order valence-electron chi connectivity index (χ3n) is 1.69. The van der Waals surface area contributed by atoms with Crippen LogP contribution in [0.4, 0.5) is 0 Å². The summed E-state index contributed by atoms with van der Waals surface area (Å²) in [6.07, 6.45) is -1.15. The molecule has 2 N–H and O–H groups in total. The maximum Gasteiger partial charge on any atom is 0.352 e. The lowest BCUT2D eigenvalue weighted by Crippen LogP contribution is -2.07. The molecule has 0 saturated heterocycles. The molecule has 0 amide bonds. The summed E-state index contributed by atoms with van der Waals surface area (Å²) in [4.78, 5) is 16.9. The first-order chi connectivity index (χ1) is 7.21. The molecule has 0 heterocycles. The van der Waals surface area contributed by atoms with E-state index >= 15 is 0 Å². The average molecular weight is 266 g/mol. The van der Waals surface area contributed by atoms with E-state index in [0.717, 1.165) is 5.56 Å². The fraction of sp³-hybridized carbons (Fsp3) is 0.250. The van der Waals surface area contributed by atoms with Gasteiger partial charge in [-0.2, -0.15) is 8.42 Å². The Morgan fingerprint density at radius 3 is 2.19 bits per heavy atom. The molecule has 0 aromatic heterocycles. The topological polar surface area (TPSA) is 101 Å². The van der Waals surface area contributed by atoms with Gasteiger partial charge in [-0.15, -0.1) is 0 Å². The highest BCUT2D eigenvalue weighted by molar-refractivity contribution is 7.87. The standard InChI is InChI=1S/C8H11O6PS/c1-7-2-4-8(5-3-7)16(12,13)14-6-15(9,10)11/h2-5H,6H2,1H3,(H2,9,10,11). The fourth-order valence-corrected chi connectivity index (χ4v) is 2.62. The summed E-state index contributed by atoms with van der Waals surface area (Å²) in [7, 11) is -8.60. The number of hydrogen-bond donors (Lipinski definition) is 2. The molecule has 0 aliphatic carbocycles. The van der Waals surface area contributed by atoms with E-state index in [0.29, 0.717) is 0 Å². The van der Waals surface area contributed by atoms with E-state index in [1.54, 1.807) is 19.1 Å². The van der Waals surface area contributed by atoms with Crippen LogP contribution >= 0.6 is 7.60 Å². The van der Waals surface area contributed by atoms with Gasteiger partial charge in [0.25, 0.3) is 10.1 Å². The van der Waals surface area contributed by atoms with E-state index in [1.165, 1.54) is 12.1 Å². The van der Waals surface area contributed by atoms with E-state index in [4.69, 9.17) is 9.79 Å². The first-order valence-electron chi connectivity index (χ1n) is 4.21. The molecule has 0 bridgehead atoms. The molecule has 0 atom stereocenters. The predicted molar refractivity (Wildman–Crippen MR) is 56.4 cm³/mol. The third-order valence-corrected chi connectivity index (χ3v) is 3.60. The molecule has 1 aromatic carbocycles. The molecule has 6 nitrogen and oxygen atoms in total. The summed E-state index contributed by atoms with van der Waals surface area (Å²) < 4.78 is 37.5. The van der Waals surface area contributed by atoms with Crippen LogP contribution in [-0.2, 0) is 18.9 Å². The molecule has 0 aliphatic heterocycles. The molecule has 0 fully saturated rings. The summed E-state index contributed by atoms with van der Waals surface area (Å²) >= 11 is 0. The largest absolute Gasteiger partial charge is 0.352 e. The zero-order valence-corrected chi connectivity index (χ0v) is 10.1. The number of aryl methyl sites for hydroxylation is 1. The zero-order valence-electron chi connectivity index (χ0n) is 8.40. The van der Waals surface area contributed by atoms with E-state index in [9.17, 15) is 13.0 Å². The molecule has 90 valence electrons. The van der Waals surface area contributed by atoms with Gasteiger partial charge in [-0.05, 0) is 19.1 Å². The molecule has 0 radical (unpaired) electrons. The van der Waals surface area contributed by atoms with Crippen LogP contribution in [0.5, 0.6) is 0 Å². The second-order valence-corrected chi connectivity index (χ2v) is 6.38. The molecule has 1 rings (SSSR count). The second-order valence-electron chi connectivity index (χ2n) is 3.18. The number of rotatable bonds is 4. The van der Waals surface area contributed by atoms with Crippen LogP contribution in [0.25, 0.3) is 0 Å². The van der Waals surface area contributed by atoms with Gasteiger partial charge in [0.1, 0.15) is 0 Å². The highest BCUT2D eigenvalue weighted by Crippen LogP contribution is 2.35. The first kappa shape index (κ1) is 13.3. The molecular weight excluding hydrogens is 255 g/mol.